The second-order valence-corrected chi connectivity index (χ2v) is 9.90. The number of rotatable bonds is 8. The molecule has 0 atom stereocenters. The van der Waals surface area contributed by atoms with Gasteiger partial charge in [-0.15, -0.1) is 0 Å². The fraction of sp³-hybridized carbons (Fsp3) is 1.00. The normalized spacial score (nSPS) is 13.1. The third-order valence-corrected chi connectivity index (χ3v) is 8.03. The Morgan fingerprint density at radius 1 is 0.875 bits per heavy atom. The molecule has 0 aromatic heterocycles. The highest BCUT2D eigenvalue weighted by Crippen LogP contribution is 2.40. The van der Waals surface area contributed by atoms with Gasteiger partial charge in [-0.05, 0) is 6.04 Å². The summed E-state index contributed by atoms with van der Waals surface area (Å²) in [5, 5.41) is 0.154. The Bertz CT molecular complexity index is 171. The third kappa shape index (κ3) is 4.56. The van der Waals surface area contributed by atoms with Crippen LogP contribution >= 0.6 is 0 Å². The van der Waals surface area contributed by atoms with Crippen molar-refractivity contribution < 1.29 is 8.85 Å². The van der Waals surface area contributed by atoms with E-state index in [1.807, 2.05) is 14.2 Å². The van der Waals surface area contributed by atoms with Gasteiger partial charge in [-0.1, -0.05) is 59.8 Å². The molecule has 0 unspecified atom stereocenters. The van der Waals surface area contributed by atoms with Gasteiger partial charge in [-0.25, -0.2) is 0 Å². The van der Waals surface area contributed by atoms with Crippen molar-refractivity contribution in [3.8, 4) is 0 Å². The van der Waals surface area contributed by atoms with E-state index >= 15 is 0 Å². The molecule has 0 aliphatic heterocycles. The van der Waals surface area contributed by atoms with Crippen molar-refractivity contribution in [1.29, 1.82) is 0 Å². The van der Waals surface area contributed by atoms with E-state index in [0.717, 1.165) is 6.04 Å². The molecule has 16 heavy (non-hydrogen) atoms. The summed E-state index contributed by atoms with van der Waals surface area (Å²) in [6.45, 7) is 8.95. The molecule has 0 spiro atoms. The predicted octanol–water partition coefficient (Wildman–Crippen LogP) is 4.49. The van der Waals surface area contributed by atoms with Gasteiger partial charge in [0.2, 0.25) is 0 Å². The topological polar surface area (TPSA) is 18.5 Å². The minimum absolute atomic E-state index is 0.154. The van der Waals surface area contributed by atoms with Gasteiger partial charge in [0.25, 0.3) is 0 Å². The van der Waals surface area contributed by atoms with Crippen molar-refractivity contribution in [1.82, 2.24) is 0 Å². The Hall–Kier alpha value is 0.137. The molecule has 3 heteroatoms. The van der Waals surface area contributed by atoms with Gasteiger partial charge in [-0.3, -0.25) is 0 Å². The molecule has 0 aliphatic carbocycles. The van der Waals surface area contributed by atoms with Crippen molar-refractivity contribution in [3.05, 3.63) is 0 Å². The van der Waals surface area contributed by atoms with Crippen molar-refractivity contribution in [2.45, 2.75) is 70.9 Å². The van der Waals surface area contributed by atoms with Crippen LogP contribution in [-0.2, 0) is 8.85 Å². The fourth-order valence-electron chi connectivity index (χ4n) is 2.24. The van der Waals surface area contributed by atoms with E-state index in [0.29, 0.717) is 0 Å². The largest absolute Gasteiger partial charge is 0.397 e. The molecule has 0 aromatic carbocycles. The molecule has 0 saturated carbocycles. The standard InChI is InChI=1S/C13H30O2Si/c1-7-8-9-10-11-12-16(14-5,15-6)13(2,3)4/h7-12H2,1-6H3. The summed E-state index contributed by atoms with van der Waals surface area (Å²) in [4.78, 5) is 0. The molecule has 0 N–H and O–H groups in total. The smallest absolute Gasteiger partial charge is 0.343 e. The van der Waals surface area contributed by atoms with Crippen LogP contribution in [0.25, 0.3) is 0 Å². The van der Waals surface area contributed by atoms with Gasteiger partial charge in [-0.2, -0.15) is 0 Å². The first kappa shape index (κ1) is 16.1. The third-order valence-electron chi connectivity index (χ3n) is 3.41. The molecule has 0 fully saturated rings. The molecule has 0 saturated heterocycles. The average molecular weight is 246 g/mol. The van der Waals surface area contributed by atoms with Crippen LogP contribution in [0.4, 0.5) is 0 Å². The maximum absolute atomic E-state index is 5.77. The molecule has 98 valence electrons. The average Bonchev–Trinajstić information content (AvgIpc) is 2.22. The highest BCUT2D eigenvalue weighted by molar-refractivity contribution is 6.70. The van der Waals surface area contributed by atoms with Gasteiger partial charge in [0.15, 0.2) is 0 Å². The molecule has 0 aromatic rings. The SMILES string of the molecule is CCCCCCC[Si](OC)(OC)C(C)(C)C. The Labute approximate surface area is 103 Å². The highest BCUT2D eigenvalue weighted by atomic mass is 28.4. The van der Waals surface area contributed by atoms with E-state index < -0.39 is 8.56 Å². The van der Waals surface area contributed by atoms with Crippen molar-refractivity contribution in [2.75, 3.05) is 14.2 Å². The van der Waals surface area contributed by atoms with Gasteiger partial charge in [0.05, 0.1) is 0 Å². The quantitative estimate of drug-likeness (QED) is 0.464. The van der Waals surface area contributed by atoms with Crippen LogP contribution in [0.15, 0.2) is 0 Å². The highest BCUT2D eigenvalue weighted by Gasteiger charge is 2.47. The monoisotopic (exact) mass is 246 g/mol. The van der Waals surface area contributed by atoms with Gasteiger partial charge in [0, 0.05) is 19.3 Å². The predicted molar refractivity (Wildman–Crippen MR) is 73.1 cm³/mol. The maximum Gasteiger partial charge on any atom is 0.343 e. The van der Waals surface area contributed by atoms with Gasteiger partial charge < -0.3 is 8.85 Å². The van der Waals surface area contributed by atoms with Crippen molar-refractivity contribution in [2.24, 2.45) is 0 Å². The fourth-order valence-corrected chi connectivity index (χ4v) is 5.50. The van der Waals surface area contributed by atoms with E-state index in [2.05, 4.69) is 27.7 Å². The Kier molecular flexibility index (Phi) is 7.52. The minimum atomic E-state index is -2.01. The second-order valence-electron chi connectivity index (χ2n) is 5.58. The summed E-state index contributed by atoms with van der Waals surface area (Å²) in [7, 11) is 1.62. The Balaban J connectivity index is 4.14. The lowest BCUT2D eigenvalue weighted by atomic mass is 10.2. The zero-order chi connectivity index (χ0) is 12.7. The first-order valence-electron chi connectivity index (χ1n) is 6.54. The molecular formula is C13H30O2Si. The molecule has 0 aliphatic rings. The number of unbranched alkanes of at least 4 members (excludes halogenated alkanes) is 4. The molecular weight excluding hydrogens is 216 g/mol. The van der Waals surface area contributed by atoms with Crippen molar-refractivity contribution in [3.63, 3.8) is 0 Å². The molecule has 0 bridgehead atoms. The molecule has 0 rings (SSSR count). The summed E-state index contributed by atoms with van der Waals surface area (Å²) in [5.41, 5.74) is 0. The van der Waals surface area contributed by atoms with E-state index in [9.17, 15) is 0 Å². The lowest BCUT2D eigenvalue weighted by molar-refractivity contribution is 0.212. The maximum atomic E-state index is 5.77. The van der Waals surface area contributed by atoms with Crippen molar-refractivity contribution >= 4 is 8.56 Å². The number of hydrogen-bond donors (Lipinski definition) is 0. The Morgan fingerprint density at radius 3 is 1.75 bits per heavy atom. The summed E-state index contributed by atoms with van der Waals surface area (Å²) < 4.78 is 11.5. The summed E-state index contributed by atoms with van der Waals surface area (Å²) in [6.07, 6.45) is 6.55. The molecule has 0 radical (unpaired) electrons. The first-order chi connectivity index (χ1) is 7.43. The summed E-state index contributed by atoms with van der Waals surface area (Å²) >= 11 is 0. The molecule has 0 amide bonds. The van der Waals surface area contributed by atoms with Crippen LogP contribution in [0.5, 0.6) is 0 Å². The molecule has 2 nitrogen and oxygen atoms in total. The lowest BCUT2D eigenvalue weighted by Gasteiger charge is -2.38. The van der Waals surface area contributed by atoms with Crippen LogP contribution in [0, 0.1) is 0 Å². The van der Waals surface area contributed by atoms with Crippen LogP contribution in [0.2, 0.25) is 11.1 Å². The lowest BCUT2D eigenvalue weighted by Crippen LogP contribution is -2.48. The zero-order valence-corrected chi connectivity index (χ0v) is 13.1. The second kappa shape index (κ2) is 7.46. The van der Waals surface area contributed by atoms with Gasteiger partial charge in [0.1, 0.15) is 0 Å². The van der Waals surface area contributed by atoms with Crippen LogP contribution in [-0.4, -0.2) is 22.8 Å². The van der Waals surface area contributed by atoms with Gasteiger partial charge >= 0.3 is 8.56 Å². The van der Waals surface area contributed by atoms with E-state index in [1.165, 1.54) is 32.1 Å². The molecule has 0 heterocycles. The van der Waals surface area contributed by atoms with Crippen LogP contribution in [0.3, 0.4) is 0 Å². The summed E-state index contributed by atoms with van der Waals surface area (Å²) in [5.74, 6) is 0. The van der Waals surface area contributed by atoms with E-state index in [1.54, 1.807) is 0 Å². The zero-order valence-electron chi connectivity index (χ0n) is 12.1. The Morgan fingerprint density at radius 2 is 1.38 bits per heavy atom. The van der Waals surface area contributed by atoms with E-state index in [4.69, 9.17) is 8.85 Å². The summed E-state index contributed by atoms with van der Waals surface area (Å²) in [6, 6.07) is 1.12. The van der Waals surface area contributed by atoms with E-state index in [-0.39, 0.29) is 5.04 Å². The number of hydrogen-bond acceptors (Lipinski definition) is 2. The first-order valence-corrected chi connectivity index (χ1v) is 8.56. The van der Waals surface area contributed by atoms with Crippen LogP contribution in [0.1, 0.15) is 59.8 Å². The van der Waals surface area contributed by atoms with Crippen LogP contribution < -0.4 is 0 Å². The minimum Gasteiger partial charge on any atom is -0.397 e.